The molecular formula is C52H32N4S. The third-order valence-corrected chi connectivity index (χ3v) is 11.8. The smallest absolute Gasteiger partial charge is 0.164 e. The van der Waals surface area contributed by atoms with Crippen LogP contribution in [-0.2, 0) is 0 Å². The van der Waals surface area contributed by atoms with Gasteiger partial charge in [0.25, 0.3) is 0 Å². The third-order valence-electron chi connectivity index (χ3n) is 10.7. The van der Waals surface area contributed by atoms with Crippen LogP contribution in [0.15, 0.2) is 194 Å². The lowest BCUT2D eigenvalue weighted by Gasteiger charge is -2.12. The first kappa shape index (κ1) is 33.0. The van der Waals surface area contributed by atoms with Crippen molar-refractivity contribution in [1.29, 1.82) is 0 Å². The Morgan fingerprint density at radius 2 is 0.702 bits per heavy atom. The van der Waals surface area contributed by atoms with Crippen molar-refractivity contribution < 1.29 is 0 Å². The summed E-state index contributed by atoms with van der Waals surface area (Å²) in [6.45, 7) is 0. The monoisotopic (exact) mass is 744 g/mol. The lowest BCUT2D eigenvalue weighted by atomic mass is 9.92. The van der Waals surface area contributed by atoms with Crippen LogP contribution in [0.2, 0.25) is 0 Å². The zero-order valence-corrected chi connectivity index (χ0v) is 31.5. The predicted octanol–water partition coefficient (Wildman–Crippen LogP) is 13.9. The van der Waals surface area contributed by atoms with Gasteiger partial charge >= 0.3 is 0 Å². The molecule has 0 saturated heterocycles. The minimum absolute atomic E-state index is 0.624. The third kappa shape index (κ3) is 6.02. The predicted molar refractivity (Wildman–Crippen MR) is 238 cm³/mol. The largest absolute Gasteiger partial charge is 0.236 e. The first-order chi connectivity index (χ1) is 28.2. The molecule has 11 rings (SSSR count). The lowest BCUT2D eigenvalue weighted by Crippen LogP contribution is -2.00. The van der Waals surface area contributed by atoms with Crippen molar-refractivity contribution in [1.82, 2.24) is 19.9 Å². The molecule has 0 unspecified atom stereocenters. The minimum atomic E-state index is 0.624. The molecule has 0 aliphatic carbocycles. The summed E-state index contributed by atoms with van der Waals surface area (Å²) in [4.78, 5) is 20.2. The van der Waals surface area contributed by atoms with Gasteiger partial charge in [-0.25, -0.2) is 19.9 Å². The van der Waals surface area contributed by atoms with E-state index in [0.29, 0.717) is 17.5 Å². The van der Waals surface area contributed by atoms with Gasteiger partial charge in [0.2, 0.25) is 0 Å². The molecule has 2 heterocycles. The van der Waals surface area contributed by atoms with Gasteiger partial charge in [0.15, 0.2) is 17.5 Å². The zero-order chi connectivity index (χ0) is 37.7. The molecule has 5 heteroatoms. The van der Waals surface area contributed by atoms with Crippen LogP contribution in [0, 0.1) is 0 Å². The Balaban J connectivity index is 0.974. The molecule has 57 heavy (non-hydrogen) atoms. The van der Waals surface area contributed by atoms with Gasteiger partial charge in [-0.3, -0.25) is 0 Å². The summed E-state index contributed by atoms with van der Waals surface area (Å²) < 4.78 is 1.08. The van der Waals surface area contributed by atoms with Crippen LogP contribution in [0.3, 0.4) is 0 Å². The number of thiazole rings is 1. The van der Waals surface area contributed by atoms with E-state index in [2.05, 4.69) is 158 Å². The number of nitrogens with zero attached hydrogens (tertiary/aromatic N) is 4. The molecule has 266 valence electrons. The van der Waals surface area contributed by atoms with Crippen LogP contribution >= 0.6 is 11.3 Å². The highest BCUT2D eigenvalue weighted by Crippen LogP contribution is 2.39. The highest BCUT2D eigenvalue weighted by molar-refractivity contribution is 7.21. The molecule has 2 aromatic heterocycles. The lowest BCUT2D eigenvalue weighted by molar-refractivity contribution is 1.07. The van der Waals surface area contributed by atoms with E-state index < -0.39 is 0 Å². The maximum absolute atomic E-state index is 5.11. The van der Waals surface area contributed by atoms with Crippen LogP contribution in [0.25, 0.3) is 110 Å². The average molecular weight is 745 g/mol. The van der Waals surface area contributed by atoms with E-state index in [4.69, 9.17) is 19.9 Å². The normalized spacial score (nSPS) is 11.5. The highest BCUT2D eigenvalue weighted by Gasteiger charge is 2.16. The quantitative estimate of drug-likeness (QED) is 0.159. The Morgan fingerprint density at radius 3 is 1.37 bits per heavy atom. The van der Waals surface area contributed by atoms with Gasteiger partial charge in [0.05, 0.1) is 10.2 Å². The van der Waals surface area contributed by atoms with Crippen molar-refractivity contribution in [3.05, 3.63) is 194 Å². The van der Waals surface area contributed by atoms with Crippen LogP contribution in [0.5, 0.6) is 0 Å². The van der Waals surface area contributed by atoms with Crippen molar-refractivity contribution >= 4 is 53.9 Å². The Morgan fingerprint density at radius 1 is 0.263 bits per heavy atom. The molecule has 0 atom stereocenters. The molecule has 0 radical (unpaired) electrons. The van der Waals surface area contributed by atoms with E-state index in [9.17, 15) is 0 Å². The van der Waals surface area contributed by atoms with E-state index in [1.54, 1.807) is 11.3 Å². The number of aromatic nitrogens is 4. The van der Waals surface area contributed by atoms with E-state index in [0.717, 1.165) is 54.2 Å². The summed E-state index contributed by atoms with van der Waals surface area (Å²) in [5.41, 5.74) is 9.43. The second-order valence-corrected chi connectivity index (χ2v) is 15.3. The van der Waals surface area contributed by atoms with E-state index >= 15 is 0 Å². The molecule has 0 N–H and O–H groups in total. The number of hydrogen-bond acceptors (Lipinski definition) is 5. The molecule has 9 aromatic carbocycles. The van der Waals surface area contributed by atoms with Crippen molar-refractivity contribution in [3.8, 4) is 67.0 Å². The second-order valence-electron chi connectivity index (χ2n) is 14.3. The van der Waals surface area contributed by atoms with Crippen LogP contribution in [0.4, 0.5) is 0 Å². The van der Waals surface area contributed by atoms with Crippen LogP contribution in [-0.4, -0.2) is 19.9 Å². The van der Waals surface area contributed by atoms with Gasteiger partial charge < -0.3 is 0 Å². The minimum Gasteiger partial charge on any atom is -0.236 e. The molecule has 11 aromatic rings. The van der Waals surface area contributed by atoms with Gasteiger partial charge in [0.1, 0.15) is 5.01 Å². The van der Waals surface area contributed by atoms with Gasteiger partial charge in [-0.1, -0.05) is 158 Å². The van der Waals surface area contributed by atoms with Crippen molar-refractivity contribution in [2.75, 3.05) is 0 Å². The van der Waals surface area contributed by atoms with Gasteiger partial charge in [-0.15, -0.1) is 11.3 Å². The Labute approximate surface area is 333 Å². The first-order valence-electron chi connectivity index (χ1n) is 19.0. The van der Waals surface area contributed by atoms with Crippen molar-refractivity contribution in [2.45, 2.75) is 0 Å². The summed E-state index contributed by atoms with van der Waals surface area (Å²) in [5.74, 6) is 1.89. The highest BCUT2D eigenvalue weighted by atomic mass is 32.1. The molecule has 0 amide bonds. The Kier molecular flexibility index (Phi) is 7.97. The summed E-state index contributed by atoms with van der Waals surface area (Å²) in [5, 5.41) is 8.63. The average Bonchev–Trinajstić information content (AvgIpc) is 3.73. The fourth-order valence-electron chi connectivity index (χ4n) is 7.93. The molecule has 4 nitrogen and oxygen atoms in total. The molecule has 0 spiro atoms. The second kappa shape index (κ2) is 13.7. The number of hydrogen-bond donors (Lipinski definition) is 0. The van der Waals surface area contributed by atoms with E-state index in [1.165, 1.54) is 37.9 Å². The van der Waals surface area contributed by atoms with Crippen LogP contribution < -0.4 is 0 Å². The van der Waals surface area contributed by atoms with Gasteiger partial charge in [-0.05, 0) is 91.0 Å². The van der Waals surface area contributed by atoms with Gasteiger partial charge in [0, 0.05) is 22.3 Å². The molecule has 0 aliphatic rings. The molecular weight excluding hydrogens is 713 g/mol. The Hall–Kier alpha value is -7.34. The SMILES string of the molecule is c1ccc(-c2cccc(-c3nc(-c4ccccc4)nc(-c4ccc5nc(-c6cccc(-c7ccc8c9ccccc9c9ccccc9c8c7)c6)sc5c4)n3)c2)cc1. The molecule has 0 aliphatic heterocycles. The standard InChI is InChI=1S/C52H32N4S/c1-3-13-33(14-4-1)35-17-11-19-38(29-35)50-54-49(34-15-5-2-6-16-34)55-51(56-50)39-26-28-47-48(32-39)57-52(53-47)40-20-12-18-36(30-40)37-25-27-45-43-23-8-7-21-41(43)42-22-9-10-24-44(42)46(45)31-37/h1-32H. The van der Waals surface area contributed by atoms with Gasteiger partial charge in [-0.2, -0.15) is 0 Å². The summed E-state index contributed by atoms with van der Waals surface area (Å²) >= 11 is 1.69. The summed E-state index contributed by atoms with van der Waals surface area (Å²) in [7, 11) is 0. The van der Waals surface area contributed by atoms with E-state index in [-0.39, 0.29) is 0 Å². The topological polar surface area (TPSA) is 51.6 Å². The summed E-state index contributed by atoms with van der Waals surface area (Å²) in [6, 6.07) is 68.3. The molecule has 0 fully saturated rings. The number of rotatable bonds is 6. The summed E-state index contributed by atoms with van der Waals surface area (Å²) in [6.07, 6.45) is 0. The van der Waals surface area contributed by atoms with E-state index in [1.807, 2.05) is 36.4 Å². The van der Waals surface area contributed by atoms with Crippen LogP contribution in [0.1, 0.15) is 0 Å². The number of fused-ring (bicyclic) bond motifs is 7. The van der Waals surface area contributed by atoms with Crippen molar-refractivity contribution in [2.24, 2.45) is 0 Å². The maximum atomic E-state index is 5.11. The number of benzene rings is 9. The fraction of sp³-hybridized carbons (Fsp3) is 0. The Bertz CT molecular complexity index is 3260. The fourth-order valence-corrected chi connectivity index (χ4v) is 8.93. The van der Waals surface area contributed by atoms with Crippen molar-refractivity contribution in [3.63, 3.8) is 0 Å². The molecule has 0 bridgehead atoms. The zero-order valence-electron chi connectivity index (χ0n) is 30.7. The molecule has 0 saturated carbocycles. The first-order valence-corrected chi connectivity index (χ1v) is 19.9. The maximum Gasteiger partial charge on any atom is 0.164 e.